The fourth-order valence-corrected chi connectivity index (χ4v) is 8.64. The molecule has 0 saturated carbocycles. The zero-order chi connectivity index (χ0) is 40.2. The first-order valence-corrected chi connectivity index (χ1v) is 19.6. The summed E-state index contributed by atoms with van der Waals surface area (Å²) in [7, 11) is 3.52. The van der Waals surface area contributed by atoms with Gasteiger partial charge in [0.05, 0.1) is 52.8 Å². The number of methoxy groups -OCH3 is 1. The molecule has 1 atom stereocenters. The maximum absolute atomic E-state index is 15.3. The van der Waals surface area contributed by atoms with Crippen LogP contribution in [0.15, 0.2) is 42.6 Å². The zero-order valence-corrected chi connectivity index (χ0v) is 34.6. The monoisotopic (exact) mass is 799 g/mol. The molecule has 0 bridgehead atoms. The van der Waals surface area contributed by atoms with E-state index in [1.807, 2.05) is 68.3 Å². The normalized spacial score (nSPS) is 14.3. The van der Waals surface area contributed by atoms with Gasteiger partial charge < -0.3 is 33.4 Å². The number of benzene rings is 3. The fourth-order valence-electron chi connectivity index (χ4n) is 8.28. The first-order valence-electron chi connectivity index (χ1n) is 18.9. The van der Waals surface area contributed by atoms with Gasteiger partial charge in [0.2, 0.25) is 0 Å². The third-order valence-electron chi connectivity index (χ3n) is 10.8. The lowest BCUT2D eigenvalue weighted by Gasteiger charge is -2.35. The van der Waals surface area contributed by atoms with Gasteiger partial charge in [-0.25, -0.2) is 4.79 Å². The van der Waals surface area contributed by atoms with E-state index in [4.69, 9.17) is 42.5 Å². The smallest absolute Gasteiger partial charge is 0.340 e. The summed E-state index contributed by atoms with van der Waals surface area (Å²) in [5.41, 5.74) is 9.18. The van der Waals surface area contributed by atoms with E-state index in [2.05, 4.69) is 11.5 Å². The van der Waals surface area contributed by atoms with E-state index in [0.717, 1.165) is 60.9 Å². The molecule has 4 heterocycles. The Bertz CT molecular complexity index is 2510. The molecule has 11 nitrogen and oxygen atoms in total. The highest BCUT2D eigenvalue weighted by molar-refractivity contribution is 6.35. The van der Waals surface area contributed by atoms with Gasteiger partial charge in [0, 0.05) is 78.2 Å². The second-order valence-electron chi connectivity index (χ2n) is 14.6. The van der Waals surface area contributed by atoms with Crippen molar-refractivity contribution >= 4 is 62.6 Å². The molecule has 0 spiro atoms. The number of carbonyl (C=O) groups excluding carboxylic acids is 2. The molecule has 3 aromatic heterocycles. The van der Waals surface area contributed by atoms with Crippen LogP contribution >= 0.6 is 23.2 Å². The van der Waals surface area contributed by atoms with Crippen molar-refractivity contribution in [1.82, 2.24) is 18.9 Å². The molecule has 7 rings (SSSR count). The predicted molar refractivity (Wildman–Crippen MR) is 221 cm³/mol. The summed E-state index contributed by atoms with van der Waals surface area (Å²) in [6, 6.07) is 10.7. The number of esters is 1. The number of phenols is 1. The summed E-state index contributed by atoms with van der Waals surface area (Å²) >= 11 is 13.5. The van der Waals surface area contributed by atoms with E-state index in [1.54, 1.807) is 37.3 Å². The summed E-state index contributed by atoms with van der Waals surface area (Å²) in [4.78, 5) is 30.2. The Hall–Kier alpha value is -4.97. The van der Waals surface area contributed by atoms with Crippen LogP contribution in [0.2, 0.25) is 10.0 Å². The number of fused-ring (bicyclic) bond motifs is 4. The molecule has 1 N–H and O–H groups in total. The second kappa shape index (κ2) is 15.5. The summed E-state index contributed by atoms with van der Waals surface area (Å²) in [6.45, 7) is 13.4. The molecule has 0 aliphatic carbocycles. The average molecular weight is 801 g/mol. The van der Waals surface area contributed by atoms with Crippen molar-refractivity contribution in [1.29, 1.82) is 0 Å². The number of ether oxygens (including phenoxy) is 3. The van der Waals surface area contributed by atoms with Gasteiger partial charge in [0.1, 0.15) is 17.2 Å². The highest BCUT2D eigenvalue weighted by Crippen LogP contribution is 2.46. The number of phenolic OH excluding ortho intramolecular Hbond substituents is 1. The van der Waals surface area contributed by atoms with Gasteiger partial charge in [-0.1, -0.05) is 29.3 Å². The second-order valence-corrected chi connectivity index (χ2v) is 15.4. The Labute approximate surface area is 336 Å². The molecule has 1 aliphatic heterocycles. The van der Waals surface area contributed by atoms with Gasteiger partial charge in [-0.3, -0.25) is 9.48 Å². The van der Waals surface area contributed by atoms with Crippen molar-refractivity contribution in [3.63, 3.8) is 0 Å². The number of hydrogen-bond acceptors (Lipinski definition) is 7. The van der Waals surface area contributed by atoms with E-state index < -0.39 is 5.97 Å². The molecule has 0 fully saturated rings. The van der Waals surface area contributed by atoms with Gasteiger partial charge in [0.15, 0.2) is 0 Å². The number of aromatic nitrogens is 4. The van der Waals surface area contributed by atoms with Crippen LogP contribution in [0.25, 0.3) is 32.9 Å². The van der Waals surface area contributed by atoms with Gasteiger partial charge in [0.25, 0.3) is 5.91 Å². The van der Waals surface area contributed by atoms with Crippen LogP contribution < -0.4 is 9.64 Å². The van der Waals surface area contributed by atoms with Crippen LogP contribution in [-0.4, -0.2) is 69.4 Å². The SMILES string of the molecule is CCOC(=O)c1cn(CCOC)c2c(N3C[C@@H](C)n4c(c(CCCOc5cc(C)c(Cl)c(C)c5)c5ccc(Cl)c(-c6c(C)nn(C)c6C)c54)C3=O)cc(O)cc12. The van der Waals surface area contributed by atoms with Gasteiger partial charge >= 0.3 is 5.97 Å². The highest BCUT2D eigenvalue weighted by Gasteiger charge is 2.38. The van der Waals surface area contributed by atoms with Crippen molar-refractivity contribution in [3.8, 4) is 22.6 Å². The van der Waals surface area contributed by atoms with Gasteiger partial charge in [-0.05, 0) is 95.3 Å². The number of rotatable bonds is 12. The lowest BCUT2D eigenvalue weighted by molar-refractivity contribution is 0.0528. The summed E-state index contributed by atoms with van der Waals surface area (Å²) in [5.74, 6) is -0.0737. The maximum Gasteiger partial charge on any atom is 0.340 e. The average Bonchev–Trinajstić information content (AvgIpc) is 3.77. The number of hydrogen-bond donors (Lipinski definition) is 1. The molecule has 6 aromatic rings. The molecule has 0 unspecified atom stereocenters. The number of halogens is 2. The van der Waals surface area contributed by atoms with Crippen LogP contribution in [0.5, 0.6) is 11.5 Å². The van der Waals surface area contributed by atoms with Crippen LogP contribution in [0, 0.1) is 27.7 Å². The van der Waals surface area contributed by atoms with E-state index in [1.165, 1.54) is 0 Å². The van der Waals surface area contributed by atoms with E-state index >= 15 is 4.79 Å². The first kappa shape index (κ1) is 39.3. The lowest BCUT2D eigenvalue weighted by Crippen LogP contribution is -2.43. The van der Waals surface area contributed by atoms with Crippen LogP contribution in [0.1, 0.15) is 75.2 Å². The van der Waals surface area contributed by atoms with Crippen molar-refractivity contribution in [2.45, 2.75) is 67.0 Å². The number of aromatic hydroxyl groups is 1. The quantitative estimate of drug-likeness (QED) is 0.0970. The summed E-state index contributed by atoms with van der Waals surface area (Å²) < 4.78 is 22.9. The fraction of sp³-hybridized carbons (Fsp3) is 0.372. The highest BCUT2D eigenvalue weighted by atomic mass is 35.5. The topological polar surface area (TPSA) is 113 Å². The molecule has 56 heavy (non-hydrogen) atoms. The molecule has 294 valence electrons. The van der Waals surface area contributed by atoms with Gasteiger partial charge in [-0.2, -0.15) is 5.10 Å². The lowest BCUT2D eigenvalue weighted by atomic mass is 9.98. The van der Waals surface area contributed by atoms with Crippen molar-refractivity contribution in [3.05, 3.63) is 92.0 Å². The predicted octanol–water partition coefficient (Wildman–Crippen LogP) is 9.30. The minimum atomic E-state index is -0.512. The Morgan fingerprint density at radius 1 is 1.00 bits per heavy atom. The molecule has 0 radical (unpaired) electrons. The minimum Gasteiger partial charge on any atom is -0.508 e. The maximum atomic E-state index is 15.3. The number of anilines is 1. The van der Waals surface area contributed by atoms with Crippen LogP contribution in [-0.2, 0) is 29.5 Å². The molecule has 13 heteroatoms. The number of amides is 1. The number of carbonyl (C=O) groups is 2. The Morgan fingerprint density at radius 3 is 2.39 bits per heavy atom. The Balaban J connectivity index is 1.40. The molecular formula is C43H47Cl2N5O6. The van der Waals surface area contributed by atoms with Crippen molar-refractivity contribution < 1.29 is 28.9 Å². The third-order valence-corrected chi connectivity index (χ3v) is 11.7. The number of nitrogens with zero attached hydrogens (tertiary/aromatic N) is 5. The summed E-state index contributed by atoms with van der Waals surface area (Å²) in [6.07, 6.45) is 2.87. The molecular weight excluding hydrogens is 753 g/mol. The molecule has 1 amide bonds. The first-order chi connectivity index (χ1) is 26.8. The largest absolute Gasteiger partial charge is 0.508 e. The van der Waals surface area contributed by atoms with Crippen molar-refractivity contribution in [2.24, 2.45) is 7.05 Å². The molecule has 3 aromatic carbocycles. The van der Waals surface area contributed by atoms with Crippen LogP contribution in [0.4, 0.5) is 5.69 Å². The number of aryl methyl sites for hydroxylation is 5. The summed E-state index contributed by atoms with van der Waals surface area (Å²) in [5, 5.41) is 18.6. The molecule has 0 saturated heterocycles. The molecule has 1 aliphatic rings. The zero-order valence-electron chi connectivity index (χ0n) is 33.0. The van der Waals surface area contributed by atoms with Crippen molar-refractivity contribution in [2.75, 3.05) is 38.4 Å². The van der Waals surface area contributed by atoms with E-state index in [0.29, 0.717) is 65.5 Å². The minimum absolute atomic E-state index is 0.0734. The van der Waals surface area contributed by atoms with Crippen LogP contribution in [0.3, 0.4) is 0 Å². The van der Waals surface area contributed by atoms with Gasteiger partial charge in [-0.15, -0.1) is 0 Å². The third kappa shape index (κ3) is 6.69. The Kier molecular flexibility index (Phi) is 10.9. The van der Waals surface area contributed by atoms with E-state index in [9.17, 15) is 9.90 Å². The Morgan fingerprint density at radius 2 is 1.73 bits per heavy atom. The standard InChI is InChI=1S/C43H47Cl2N5O6/c1-9-55-43(53)33-22-48(14-16-54-8)39-32(33)19-28(51)20-35(39)49-21-25(4)50-40-31(12-13-34(44)37(40)36-26(5)46-47(7)27(36)6)30(41(50)42(49)52)11-10-15-56-29-17-23(2)38(45)24(3)18-29/h12-13,17-20,22,25,51H,9-11,14-16,21H2,1-8H3/t25-/m1/s1. The van der Waals surface area contributed by atoms with E-state index in [-0.39, 0.29) is 30.9 Å².